The largest absolute Gasteiger partial charge is 0.461 e. The Morgan fingerprint density at radius 3 is 2.41 bits per heavy atom. The normalized spacial score (nSPS) is 11.0. The van der Waals surface area contributed by atoms with Gasteiger partial charge in [-0.15, -0.1) is 10.2 Å². The quantitative estimate of drug-likeness (QED) is 0.332. The Hall–Kier alpha value is -3.59. The molecule has 0 aliphatic rings. The molecule has 164 valence electrons. The van der Waals surface area contributed by atoms with Gasteiger partial charge in [0.1, 0.15) is 0 Å². The van der Waals surface area contributed by atoms with Crippen molar-refractivity contribution in [1.29, 1.82) is 0 Å². The number of aryl methyl sites for hydroxylation is 1. The molecule has 8 nitrogen and oxygen atoms in total. The summed E-state index contributed by atoms with van der Waals surface area (Å²) in [6.07, 6.45) is 0. The van der Waals surface area contributed by atoms with Crippen LogP contribution < -0.4 is 5.73 Å². The number of ether oxygens (including phenoxy) is 1. The highest BCUT2D eigenvalue weighted by Crippen LogP contribution is 2.33. The molecule has 0 spiro atoms. The molecule has 4 aromatic rings. The SMILES string of the molecule is CCOC(=O)c1c(N)c(-c2nnc(SCC)n2-c2ccccc2)nn1-c1ccc(C)cc1. The Morgan fingerprint density at radius 2 is 1.75 bits per heavy atom. The summed E-state index contributed by atoms with van der Waals surface area (Å²) < 4.78 is 8.69. The van der Waals surface area contributed by atoms with Crippen molar-refractivity contribution in [1.82, 2.24) is 24.5 Å². The van der Waals surface area contributed by atoms with Gasteiger partial charge in [0, 0.05) is 5.69 Å². The van der Waals surface area contributed by atoms with Crippen LogP contribution in [0.4, 0.5) is 5.69 Å². The van der Waals surface area contributed by atoms with Gasteiger partial charge in [-0.1, -0.05) is 54.6 Å². The molecular weight excluding hydrogens is 424 g/mol. The lowest BCUT2D eigenvalue weighted by Crippen LogP contribution is -2.13. The van der Waals surface area contributed by atoms with E-state index in [4.69, 9.17) is 15.6 Å². The van der Waals surface area contributed by atoms with E-state index < -0.39 is 5.97 Å². The fourth-order valence-electron chi connectivity index (χ4n) is 3.32. The highest BCUT2D eigenvalue weighted by molar-refractivity contribution is 7.99. The molecule has 0 atom stereocenters. The molecular formula is C23H24N6O2S. The van der Waals surface area contributed by atoms with Crippen LogP contribution in [0.1, 0.15) is 29.9 Å². The monoisotopic (exact) mass is 448 g/mol. The van der Waals surface area contributed by atoms with Crippen molar-refractivity contribution in [2.75, 3.05) is 18.1 Å². The number of hydrogen-bond acceptors (Lipinski definition) is 7. The van der Waals surface area contributed by atoms with E-state index in [9.17, 15) is 4.79 Å². The maximum atomic E-state index is 12.8. The van der Waals surface area contributed by atoms with Crippen LogP contribution >= 0.6 is 11.8 Å². The standard InChI is InChI=1S/C23H24N6O2S/c1-4-31-22(30)20-18(24)19(27-29(20)17-13-11-15(3)12-14-17)21-25-26-23(32-5-2)28(21)16-9-7-6-8-10-16/h6-14H,4-5,24H2,1-3H3. The molecule has 2 aromatic carbocycles. The lowest BCUT2D eigenvalue weighted by atomic mass is 10.2. The smallest absolute Gasteiger partial charge is 0.359 e. The molecule has 4 rings (SSSR count). The van der Waals surface area contributed by atoms with Gasteiger partial charge in [-0.25, -0.2) is 9.48 Å². The number of benzene rings is 2. The van der Waals surface area contributed by atoms with Crippen LogP contribution in [0.25, 0.3) is 22.9 Å². The average molecular weight is 449 g/mol. The second-order valence-electron chi connectivity index (χ2n) is 6.99. The van der Waals surface area contributed by atoms with Crippen LogP contribution in [-0.2, 0) is 4.74 Å². The Kier molecular flexibility index (Phi) is 6.27. The number of rotatable bonds is 7. The Labute approximate surface area is 190 Å². The van der Waals surface area contributed by atoms with Gasteiger partial charge in [0.05, 0.1) is 18.0 Å². The van der Waals surface area contributed by atoms with Gasteiger partial charge in [0.2, 0.25) is 0 Å². The summed E-state index contributed by atoms with van der Waals surface area (Å²) >= 11 is 1.56. The van der Waals surface area contributed by atoms with Crippen molar-refractivity contribution in [2.24, 2.45) is 0 Å². The third-order valence-electron chi connectivity index (χ3n) is 4.80. The molecule has 0 unspecified atom stereocenters. The van der Waals surface area contributed by atoms with Gasteiger partial charge in [-0.05, 0) is 43.9 Å². The number of nitrogens with two attached hydrogens (primary N) is 1. The molecule has 32 heavy (non-hydrogen) atoms. The Morgan fingerprint density at radius 1 is 1.03 bits per heavy atom. The van der Waals surface area contributed by atoms with Crippen molar-refractivity contribution in [2.45, 2.75) is 25.9 Å². The van der Waals surface area contributed by atoms with Gasteiger partial charge in [0.15, 0.2) is 22.4 Å². The Bertz CT molecular complexity index is 1230. The number of nitrogen functional groups attached to an aromatic ring is 1. The summed E-state index contributed by atoms with van der Waals surface area (Å²) in [6.45, 7) is 6.02. The minimum Gasteiger partial charge on any atom is -0.461 e. The van der Waals surface area contributed by atoms with Crippen molar-refractivity contribution >= 4 is 23.4 Å². The maximum Gasteiger partial charge on any atom is 0.359 e. The maximum absolute atomic E-state index is 12.8. The Balaban J connectivity index is 1.95. The fraction of sp³-hybridized carbons (Fsp3) is 0.217. The van der Waals surface area contributed by atoms with Crippen molar-refractivity contribution in [3.63, 3.8) is 0 Å². The van der Waals surface area contributed by atoms with E-state index >= 15 is 0 Å². The minimum absolute atomic E-state index is 0.165. The van der Waals surface area contributed by atoms with Crippen molar-refractivity contribution in [3.8, 4) is 22.9 Å². The molecule has 0 radical (unpaired) electrons. The van der Waals surface area contributed by atoms with Crippen LogP contribution in [-0.4, -0.2) is 42.9 Å². The number of hydrogen-bond donors (Lipinski definition) is 1. The first-order chi connectivity index (χ1) is 15.5. The predicted molar refractivity (Wildman–Crippen MR) is 125 cm³/mol. The van der Waals surface area contributed by atoms with Gasteiger partial charge in [0.25, 0.3) is 0 Å². The minimum atomic E-state index is -0.543. The molecule has 0 saturated heterocycles. The molecule has 2 aromatic heterocycles. The molecule has 0 bridgehead atoms. The number of carbonyl (C=O) groups is 1. The second-order valence-corrected chi connectivity index (χ2v) is 8.22. The predicted octanol–water partition coefficient (Wildman–Crippen LogP) is 4.30. The third kappa shape index (κ3) is 3.99. The van der Waals surface area contributed by atoms with Gasteiger partial charge in [-0.2, -0.15) is 5.10 Å². The van der Waals surface area contributed by atoms with Crippen molar-refractivity contribution < 1.29 is 9.53 Å². The number of thioether (sulfide) groups is 1. The van der Waals surface area contributed by atoms with Crippen LogP contribution in [0.5, 0.6) is 0 Å². The van der Waals surface area contributed by atoms with E-state index in [-0.39, 0.29) is 18.0 Å². The van der Waals surface area contributed by atoms with E-state index in [0.717, 1.165) is 22.2 Å². The highest BCUT2D eigenvalue weighted by atomic mass is 32.2. The van der Waals surface area contributed by atoms with Gasteiger partial charge in [-0.3, -0.25) is 4.57 Å². The zero-order valence-corrected chi connectivity index (χ0v) is 19.0. The summed E-state index contributed by atoms with van der Waals surface area (Å²) in [6, 6.07) is 17.4. The van der Waals surface area contributed by atoms with E-state index in [1.54, 1.807) is 18.7 Å². The summed E-state index contributed by atoms with van der Waals surface area (Å²) in [5, 5.41) is 14.2. The molecule has 0 saturated carbocycles. The number of nitrogens with zero attached hydrogens (tertiary/aromatic N) is 5. The zero-order chi connectivity index (χ0) is 22.7. The van der Waals surface area contributed by atoms with Crippen LogP contribution in [0.15, 0.2) is 59.8 Å². The number of anilines is 1. The zero-order valence-electron chi connectivity index (χ0n) is 18.1. The number of para-hydroxylation sites is 1. The van der Waals surface area contributed by atoms with Crippen molar-refractivity contribution in [3.05, 3.63) is 65.9 Å². The van der Waals surface area contributed by atoms with E-state index in [1.165, 1.54) is 4.68 Å². The molecule has 0 aliphatic heterocycles. The number of esters is 1. The molecule has 0 fully saturated rings. The first-order valence-electron chi connectivity index (χ1n) is 10.3. The van der Waals surface area contributed by atoms with E-state index in [1.807, 2.05) is 73.0 Å². The van der Waals surface area contributed by atoms with Gasteiger partial charge < -0.3 is 10.5 Å². The molecule has 0 amide bonds. The first-order valence-corrected chi connectivity index (χ1v) is 11.3. The molecule has 2 heterocycles. The highest BCUT2D eigenvalue weighted by Gasteiger charge is 2.28. The van der Waals surface area contributed by atoms with Gasteiger partial charge >= 0.3 is 5.97 Å². The molecule has 9 heteroatoms. The topological polar surface area (TPSA) is 101 Å². The first kappa shape index (κ1) is 21.6. The number of carbonyl (C=O) groups excluding carboxylic acids is 1. The second kappa shape index (κ2) is 9.27. The third-order valence-corrected chi connectivity index (χ3v) is 5.61. The summed E-state index contributed by atoms with van der Waals surface area (Å²) in [7, 11) is 0. The molecule has 0 aliphatic carbocycles. The van der Waals surface area contributed by atoms with E-state index in [2.05, 4.69) is 10.2 Å². The lowest BCUT2D eigenvalue weighted by Gasteiger charge is -2.08. The fourth-order valence-corrected chi connectivity index (χ4v) is 4.00. The molecule has 2 N–H and O–H groups in total. The van der Waals surface area contributed by atoms with E-state index in [0.29, 0.717) is 17.2 Å². The lowest BCUT2D eigenvalue weighted by molar-refractivity contribution is 0.0517. The van der Waals surface area contributed by atoms with Crippen LogP contribution in [0.3, 0.4) is 0 Å². The average Bonchev–Trinajstić information content (AvgIpc) is 3.36. The van der Waals surface area contributed by atoms with Crippen LogP contribution in [0, 0.1) is 6.92 Å². The summed E-state index contributed by atoms with van der Waals surface area (Å²) in [4.78, 5) is 12.8. The number of aromatic nitrogens is 5. The van der Waals surface area contributed by atoms with Crippen LogP contribution in [0.2, 0.25) is 0 Å². The summed E-state index contributed by atoms with van der Waals surface area (Å²) in [5.74, 6) is 0.742. The summed E-state index contributed by atoms with van der Waals surface area (Å²) in [5.41, 5.74) is 9.90.